The van der Waals surface area contributed by atoms with E-state index in [1.165, 1.54) is 24.3 Å². The van der Waals surface area contributed by atoms with E-state index in [4.69, 9.17) is 9.15 Å². The van der Waals surface area contributed by atoms with Crippen molar-refractivity contribution in [1.29, 1.82) is 0 Å². The second-order valence-corrected chi connectivity index (χ2v) is 7.00. The normalized spacial score (nSPS) is 11.1. The van der Waals surface area contributed by atoms with Crippen LogP contribution in [0.2, 0.25) is 0 Å². The van der Waals surface area contributed by atoms with E-state index < -0.39 is 15.7 Å². The first-order chi connectivity index (χ1) is 12.0. The van der Waals surface area contributed by atoms with Crippen LogP contribution in [0.25, 0.3) is 0 Å². The molecule has 6 nitrogen and oxygen atoms in total. The summed E-state index contributed by atoms with van der Waals surface area (Å²) in [4.78, 5) is 12.3. The predicted octanol–water partition coefficient (Wildman–Crippen LogP) is 3.37. The minimum Gasteiger partial charge on any atom is -0.497 e. The molecule has 1 amide bonds. The molecule has 0 saturated carbocycles. The van der Waals surface area contributed by atoms with E-state index in [-0.39, 0.29) is 15.7 Å². The van der Waals surface area contributed by atoms with Gasteiger partial charge in [-0.2, -0.15) is 0 Å². The number of furan rings is 1. The molecule has 128 valence electrons. The average Bonchev–Trinajstić information content (AvgIpc) is 3.14. The van der Waals surface area contributed by atoms with Crippen molar-refractivity contribution < 1.29 is 22.4 Å². The number of benzene rings is 2. The molecule has 2 aromatic carbocycles. The van der Waals surface area contributed by atoms with Gasteiger partial charge in [-0.25, -0.2) is 8.42 Å². The molecule has 0 radical (unpaired) electrons. The Morgan fingerprint density at radius 2 is 1.64 bits per heavy atom. The SMILES string of the molecule is COc1ccc(NC(=O)c2ccc(S(=O)(=O)c3ccccc3)o2)cc1. The van der Waals surface area contributed by atoms with Crippen molar-refractivity contribution in [2.45, 2.75) is 9.99 Å². The Morgan fingerprint density at radius 3 is 2.28 bits per heavy atom. The quantitative estimate of drug-likeness (QED) is 0.757. The first-order valence-corrected chi connectivity index (χ1v) is 8.84. The number of anilines is 1. The second kappa shape index (κ2) is 6.82. The highest BCUT2D eigenvalue weighted by Crippen LogP contribution is 2.23. The Labute approximate surface area is 145 Å². The molecular weight excluding hydrogens is 342 g/mol. The van der Waals surface area contributed by atoms with Gasteiger partial charge < -0.3 is 14.5 Å². The molecule has 1 aromatic heterocycles. The largest absolute Gasteiger partial charge is 0.497 e. The molecule has 0 bridgehead atoms. The molecule has 0 spiro atoms. The molecular formula is C18H15NO5S. The summed E-state index contributed by atoms with van der Waals surface area (Å²) >= 11 is 0. The van der Waals surface area contributed by atoms with E-state index in [9.17, 15) is 13.2 Å². The molecule has 3 rings (SSSR count). The number of hydrogen-bond acceptors (Lipinski definition) is 5. The van der Waals surface area contributed by atoms with Crippen LogP contribution in [0.15, 0.2) is 81.1 Å². The highest BCUT2D eigenvalue weighted by Gasteiger charge is 2.23. The van der Waals surface area contributed by atoms with Gasteiger partial charge in [-0.1, -0.05) is 18.2 Å². The van der Waals surface area contributed by atoms with Crippen LogP contribution in [0.5, 0.6) is 5.75 Å². The third-order valence-corrected chi connectivity index (χ3v) is 5.11. The lowest BCUT2D eigenvalue weighted by molar-refractivity contribution is 0.0991. The van der Waals surface area contributed by atoms with Crippen LogP contribution in [0.1, 0.15) is 10.6 Å². The third-order valence-electron chi connectivity index (χ3n) is 3.47. The van der Waals surface area contributed by atoms with Crippen LogP contribution in [0.4, 0.5) is 5.69 Å². The number of ether oxygens (including phenoxy) is 1. The fourth-order valence-electron chi connectivity index (χ4n) is 2.17. The summed E-state index contributed by atoms with van der Waals surface area (Å²) < 4.78 is 35.2. The van der Waals surface area contributed by atoms with Crippen LogP contribution in [0, 0.1) is 0 Å². The van der Waals surface area contributed by atoms with E-state index in [1.54, 1.807) is 49.6 Å². The second-order valence-electron chi connectivity index (χ2n) is 5.12. The summed E-state index contributed by atoms with van der Waals surface area (Å²) in [6.45, 7) is 0. The van der Waals surface area contributed by atoms with Gasteiger partial charge in [-0.3, -0.25) is 4.79 Å². The summed E-state index contributed by atoms with van der Waals surface area (Å²) in [6, 6.07) is 17.2. The molecule has 3 aromatic rings. The van der Waals surface area contributed by atoms with E-state index in [2.05, 4.69) is 5.32 Å². The Morgan fingerprint density at radius 1 is 0.960 bits per heavy atom. The Hall–Kier alpha value is -3.06. The lowest BCUT2D eigenvalue weighted by atomic mass is 10.3. The molecule has 25 heavy (non-hydrogen) atoms. The summed E-state index contributed by atoms with van der Waals surface area (Å²) in [5, 5.41) is 2.35. The Bertz CT molecular complexity index is 976. The summed E-state index contributed by atoms with van der Waals surface area (Å²) in [5.74, 6) is 0.0252. The zero-order chi connectivity index (χ0) is 17.9. The van der Waals surface area contributed by atoms with Crippen molar-refractivity contribution in [3.05, 3.63) is 72.5 Å². The van der Waals surface area contributed by atoms with Gasteiger partial charge in [-0.05, 0) is 48.5 Å². The fraction of sp³-hybridized carbons (Fsp3) is 0.0556. The number of rotatable bonds is 5. The van der Waals surface area contributed by atoms with Gasteiger partial charge in [0.15, 0.2) is 5.76 Å². The Balaban J connectivity index is 1.79. The standard InChI is InChI=1S/C18H15NO5S/c1-23-14-9-7-13(8-10-14)19-18(20)16-11-12-17(24-16)25(21,22)15-5-3-2-4-6-15/h2-12H,1H3,(H,19,20). The molecule has 1 heterocycles. The maximum atomic E-state index is 12.5. The minimum atomic E-state index is -3.80. The molecule has 0 saturated heterocycles. The van der Waals surface area contributed by atoms with E-state index >= 15 is 0 Å². The number of methoxy groups -OCH3 is 1. The zero-order valence-electron chi connectivity index (χ0n) is 13.3. The fourth-order valence-corrected chi connectivity index (χ4v) is 3.36. The number of carbonyl (C=O) groups excluding carboxylic acids is 1. The lowest BCUT2D eigenvalue weighted by Gasteiger charge is -2.04. The monoisotopic (exact) mass is 357 g/mol. The maximum Gasteiger partial charge on any atom is 0.291 e. The number of nitrogens with one attached hydrogen (secondary N) is 1. The number of sulfone groups is 1. The topological polar surface area (TPSA) is 85.6 Å². The maximum absolute atomic E-state index is 12.5. The van der Waals surface area contributed by atoms with Gasteiger partial charge >= 0.3 is 0 Å². The number of amides is 1. The first kappa shape index (κ1) is 16.8. The summed E-state index contributed by atoms with van der Waals surface area (Å²) in [5.41, 5.74) is 0.537. The van der Waals surface area contributed by atoms with Crippen molar-refractivity contribution in [2.24, 2.45) is 0 Å². The van der Waals surface area contributed by atoms with Crippen LogP contribution < -0.4 is 10.1 Å². The molecule has 0 fully saturated rings. The number of carbonyl (C=O) groups is 1. The highest BCUT2D eigenvalue weighted by atomic mass is 32.2. The van der Waals surface area contributed by atoms with Gasteiger partial charge in [0.05, 0.1) is 12.0 Å². The molecule has 0 aliphatic heterocycles. The molecule has 7 heteroatoms. The van der Waals surface area contributed by atoms with Crippen molar-refractivity contribution in [3.63, 3.8) is 0 Å². The van der Waals surface area contributed by atoms with E-state index in [0.717, 1.165) is 0 Å². The van der Waals surface area contributed by atoms with Gasteiger partial charge in [0.1, 0.15) is 5.75 Å². The van der Waals surface area contributed by atoms with Crippen molar-refractivity contribution in [1.82, 2.24) is 0 Å². The molecule has 0 atom stereocenters. The van der Waals surface area contributed by atoms with Gasteiger partial charge in [0, 0.05) is 5.69 Å². The number of hydrogen-bond donors (Lipinski definition) is 1. The zero-order valence-corrected chi connectivity index (χ0v) is 14.1. The van der Waals surface area contributed by atoms with Gasteiger partial charge in [0.2, 0.25) is 14.9 Å². The van der Waals surface area contributed by atoms with E-state index in [1.807, 2.05) is 0 Å². The molecule has 0 unspecified atom stereocenters. The Kier molecular flexibility index (Phi) is 4.58. The molecule has 0 aliphatic carbocycles. The summed E-state index contributed by atoms with van der Waals surface area (Å²) in [6.07, 6.45) is 0. The lowest BCUT2D eigenvalue weighted by Crippen LogP contribution is -2.10. The highest BCUT2D eigenvalue weighted by molar-refractivity contribution is 7.91. The van der Waals surface area contributed by atoms with Crippen LogP contribution in [-0.4, -0.2) is 21.4 Å². The molecule has 0 aliphatic rings. The van der Waals surface area contributed by atoms with Crippen molar-refractivity contribution >= 4 is 21.4 Å². The van der Waals surface area contributed by atoms with Gasteiger partial charge in [0.25, 0.3) is 5.91 Å². The van der Waals surface area contributed by atoms with Crippen molar-refractivity contribution in [3.8, 4) is 5.75 Å². The average molecular weight is 357 g/mol. The first-order valence-electron chi connectivity index (χ1n) is 7.36. The molecule has 1 N–H and O–H groups in total. The summed E-state index contributed by atoms with van der Waals surface area (Å²) in [7, 11) is -2.25. The van der Waals surface area contributed by atoms with Crippen LogP contribution in [-0.2, 0) is 9.84 Å². The third kappa shape index (κ3) is 3.56. The van der Waals surface area contributed by atoms with Gasteiger partial charge in [-0.15, -0.1) is 0 Å². The van der Waals surface area contributed by atoms with Crippen LogP contribution >= 0.6 is 0 Å². The van der Waals surface area contributed by atoms with Crippen LogP contribution in [0.3, 0.4) is 0 Å². The predicted molar refractivity (Wildman–Crippen MR) is 91.5 cm³/mol. The minimum absolute atomic E-state index is 0.0923. The smallest absolute Gasteiger partial charge is 0.291 e. The van der Waals surface area contributed by atoms with Crippen molar-refractivity contribution in [2.75, 3.05) is 12.4 Å². The van der Waals surface area contributed by atoms with E-state index in [0.29, 0.717) is 11.4 Å².